The third-order valence-electron chi connectivity index (χ3n) is 4.12. The molecule has 152 valence electrons. The molecule has 1 amide bonds. The van der Waals surface area contributed by atoms with Crippen LogP contribution < -0.4 is 20.1 Å². The Kier molecular flexibility index (Phi) is 6.29. The van der Waals surface area contributed by atoms with Crippen molar-refractivity contribution in [3.63, 3.8) is 0 Å². The third-order valence-corrected chi connectivity index (χ3v) is 5.21. The SMILES string of the molecule is COC(=O)/C=c1/s/c(=C(/C#N)C(=O)NCc2ccco2)n(-c2ccc(C)cc2)c1=O. The van der Waals surface area contributed by atoms with E-state index in [-0.39, 0.29) is 21.3 Å². The predicted molar refractivity (Wildman–Crippen MR) is 110 cm³/mol. The first-order chi connectivity index (χ1) is 14.4. The molecule has 0 atom stereocenters. The number of rotatable bonds is 5. The Morgan fingerprint density at radius 2 is 2.03 bits per heavy atom. The Hall–Kier alpha value is -3.90. The maximum atomic E-state index is 13.0. The number of aryl methyl sites for hydroxylation is 1. The quantitative estimate of drug-likeness (QED) is 0.606. The number of methoxy groups -OCH3 is 1. The van der Waals surface area contributed by atoms with Crippen LogP contribution in [0.15, 0.2) is 51.9 Å². The molecule has 1 N–H and O–H groups in total. The van der Waals surface area contributed by atoms with E-state index < -0.39 is 17.4 Å². The number of esters is 1. The van der Waals surface area contributed by atoms with Crippen LogP contribution in [0.4, 0.5) is 0 Å². The van der Waals surface area contributed by atoms with Crippen molar-refractivity contribution in [3.05, 3.63) is 73.5 Å². The van der Waals surface area contributed by atoms with Crippen LogP contribution in [0.5, 0.6) is 0 Å². The van der Waals surface area contributed by atoms with E-state index in [1.807, 2.05) is 13.0 Å². The summed E-state index contributed by atoms with van der Waals surface area (Å²) in [5.74, 6) is -0.861. The summed E-state index contributed by atoms with van der Waals surface area (Å²) in [6, 6.07) is 12.2. The normalized spacial score (nSPS) is 12.2. The van der Waals surface area contributed by atoms with Gasteiger partial charge in [-0.05, 0) is 31.2 Å². The number of furan rings is 1. The summed E-state index contributed by atoms with van der Waals surface area (Å²) in [5, 5.41) is 12.3. The summed E-state index contributed by atoms with van der Waals surface area (Å²) in [6.07, 6.45) is 2.51. The number of nitrogens with zero attached hydrogens (tertiary/aromatic N) is 2. The van der Waals surface area contributed by atoms with Gasteiger partial charge in [-0.15, -0.1) is 11.3 Å². The van der Waals surface area contributed by atoms with Crippen molar-refractivity contribution in [2.24, 2.45) is 0 Å². The molecule has 0 aliphatic carbocycles. The van der Waals surface area contributed by atoms with Crippen LogP contribution in [-0.4, -0.2) is 23.6 Å². The van der Waals surface area contributed by atoms with Crippen molar-refractivity contribution in [2.45, 2.75) is 13.5 Å². The lowest BCUT2D eigenvalue weighted by Gasteiger charge is -2.05. The number of nitrogens with one attached hydrogen (secondary N) is 1. The van der Waals surface area contributed by atoms with Gasteiger partial charge in [-0.25, -0.2) is 4.79 Å². The van der Waals surface area contributed by atoms with Gasteiger partial charge in [0.25, 0.3) is 11.5 Å². The molecular weight excluding hydrogens is 406 g/mol. The molecule has 0 spiro atoms. The Balaban J connectivity index is 2.20. The molecule has 0 bridgehead atoms. The molecule has 3 rings (SSSR count). The molecule has 2 aromatic heterocycles. The van der Waals surface area contributed by atoms with E-state index in [0.717, 1.165) is 23.0 Å². The summed E-state index contributed by atoms with van der Waals surface area (Å²) >= 11 is 0.863. The second kappa shape index (κ2) is 9.07. The Morgan fingerprint density at radius 3 is 2.63 bits per heavy atom. The highest BCUT2D eigenvalue weighted by atomic mass is 32.1. The van der Waals surface area contributed by atoms with E-state index in [9.17, 15) is 19.6 Å². The van der Waals surface area contributed by atoms with Crippen LogP contribution in [0.2, 0.25) is 0 Å². The van der Waals surface area contributed by atoms with Gasteiger partial charge in [-0.3, -0.25) is 14.2 Å². The molecular formula is C21H17N3O5S. The van der Waals surface area contributed by atoms with Gasteiger partial charge in [-0.1, -0.05) is 17.7 Å². The summed E-state index contributed by atoms with van der Waals surface area (Å²) < 4.78 is 11.2. The summed E-state index contributed by atoms with van der Waals surface area (Å²) in [5.41, 5.74) is 0.656. The standard InChI is InChI=1S/C21H17N3O5S/c1-13-5-7-14(8-6-13)24-20(27)17(10-18(25)28-2)30-21(24)16(11-22)19(26)23-12-15-4-3-9-29-15/h3-10H,12H2,1-2H3,(H,23,26)/b17-10+,21-16-. The number of carbonyl (C=O) groups is 2. The number of hydrogen-bond donors (Lipinski definition) is 1. The van der Waals surface area contributed by atoms with Crippen molar-refractivity contribution < 1.29 is 18.7 Å². The highest BCUT2D eigenvalue weighted by Crippen LogP contribution is 2.07. The van der Waals surface area contributed by atoms with Crippen LogP contribution >= 0.6 is 11.3 Å². The van der Waals surface area contributed by atoms with Gasteiger partial charge < -0.3 is 14.5 Å². The van der Waals surface area contributed by atoms with E-state index in [1.165, 1.54) is 17.9 Å². The second-order valence-electron chi connectivity index (χ2n) is 6.16. The van der Waals surface area contributed by atoms with Crippen molar-refractivity contribution in [3.8, 4) is 11.8 Å². The Morgan fingerprint density at radius 1 is 1.30 bits per heavy atom. The van der Waals surface area contributed by atoms with Crippen molar-refractivity contribution in [1.82, 2.24) is 9.88 Å². The zero-order valence-electron chi connectivity index (χ0n) is 16.2. The molecule has 30 heavy (non-hydrogen) atoms. The van der Waals surface area contributed by atoms with Gasteiger partial charge in [-0.2, -0.15) is 5.26 Å². The van der Waals surface area contributed by atoms with E-state index in [2.05, 4.69) is 10.1 Å². The molecule has 0 radical (unpaired) electrons. The van der Waals surface area contributed by atoms with Crippen LogP contribution in [-0.2, 0) is 20.9 Å². The maximum absolute atomic E-state index is 13.0. The summed E-state index contributed by atoms with van der Waals surface area (Å²) in [4.78, 5) is 37.3. The van der Waals surface area contributed by atoms with Gasteiger partial charge in [0.2, 0.25) is 0 Å². The van der Waals surface area contributed by atoms with E-state index in [1.54, 1.807) is 36.4 Å². The van der Waals surface area contributed by atoms with Crippen LogP contribution in [0, 0.1) is 18.3 Å². The first-order valence-corrected chi connectivity index (χ1v) is 9.59. The Bertz CT molecular complexity index is 1290. The second-order valence-corrected chi connectivity index (χ2v) is 7.19. The van der Waals surface area contributed by atoms with E-state index in [4.69, 9.17) is 4.42 Å². The lowest BCUT2D eigenvalue weighted by atomic mass is 10.2. The number of nitriles is 1. The fraction of sp³-hybridized carbons (Fsp3) is 0.143. The fourth-order valence-electron chi connectivity index (χ4n) is 2.61. The highest BCUT2D eigenvalue weighted by Gasteiger charge is 2.17. The van der Waals surface area contributed by atoms with Gasteiger partial charge >= 0.3 is 5.97 Å². The average Bonchev–Trinajstić information content (AvgIpc) is 3.36. The molecule has 2 heterocycles. The number of ether oxygens (including phenoxy) is 1. The third kappa shape index (κ3) is 4.39. The molecule has 3 aromatic rings. The number of benzene rings is 1. The first kappa shape index (κ1) is 20.8. The highest BCUT2D eigenvalue weighted by molar-refractivity contribution is 7.07. The number of carbonyl (C=O) groups excluding carboxylic acids is 2. The molecule has 8 nitrogen and oxygen atoms in total. The lowest BCUT2D eigenvalue weighted by molar-refractivity contribution is -0.133. The summed E-state index contributed by atoms with van der Waals surface area (Å²) in [6.45, 7) is 1.98. The molecule has 0 aliphatic rings. The number of amides is 1. The Labute approximate surface area is 174 Å². The molecule has 0 fully saturated rings. The molecule has 1 aromatic carbocycles. The lowest BCUT2D eigenvalue weighted by Crippen LogP contribution is -2.34. The number of hydrogen-bond acceptors (Lipinski definition) is 7. The molecule has 0 saturated carbocycles. The summed E-state index contributed by atoms with van der Waals surface area (Å²) in [7, 11) is 1.20. The zero-order chi connectivity index (χ0) is 21.7. The van der Waals surface area contributed by atoms with E-state index >= 15 is 0 Å². The van der Waals surface area contributed by atoms with Crippen LogP contribution in [0.3, 0.4) is 0 Å². The van der Waals surface area contributed by atoms with Crippen molar-refractivity contribution >= 4 is 34.9 Å². The molecule has 0 unspecified atom stereocenters. The minimum Gasteiger partial charge on any atom is -0.467 e. The zero-order valence-corrected chi connectivity index (χ0v) is 17.0. The van der Waals surface area contributed by atoms with Crippen LogP contribution in [0.1, 0.15) is 11.3 Å². The number of thiazole rings is 1. The van der Waals surface area contributed by atoms with Gasteiger partial charge in [0, 0.05) is 6.08 Å². The monoisotopic (exact) mass is 423 g/mol. The van der Waals surface area contributed by atoms with Gasteiger partial charge in [0.15, 0.2) is 5.57 Å². The predicted octanol–water partition coefficient (Wildman–Crippen LogP) is 0.745. The number of aromatic nitrogens is 1. The van der Waals surface area contributed by atoms with Gasteiger partial charge in [0.1, 0.15) is 21.0 Å². The minimum atomic E-state index is -0.711. The molecule has 0 aliphatic heterocycles. The minimum absolute atomic E-state index is 0.0454. The maximum Gasteiger partial charge on any atom is 0.332 e. The average molecular weight is 423 g/mol. The fourth-order valence-corrected chi connectivity index (χ4v) is 3.67. The van der Waals surface area contributed by atoms with Crippen molar-refractivity contribution in [2.75, 3.05) is 7.11 Å². The van der Waals surface area contributed by atoms with Crippen molar-refractivity contribution in [1.29, 1.82) is 5.26 Å². The molecule has 0 saturated heterocycles. The van der Waals surface area contributed by atoms with Gasteiger partial charge in [0.05, 0.1) is 25.6 Å². The first-order valence-electron chi connectivity index (χ1n) is 8.78. The smallest absolute Gasteiger partial charge is 0.332 e. The molecule has 9 heteroatoms. The largest absolute Gasteiger partial charge is 0.467 e. The van der Waals surface area contributed by atoms with E-state index in [0.29, 0.717) is 11.4 Å². The topological polar surface area (TPSA) is 114 Å². The van der Waals surface area contributed by atoms with Crippen LogP contribution in [0.25, 0.3) is 17.3 Å².